The summed E-state index contributed by atoms with van der Waals surface area (Å²) >= 11 is 0. The number of alkyl halides is 2. The third kappa shape index (κ3) is 4.38. The third-order valence-corrected chi connectivity index (χ3v) is 5.88. The van der Waals surface area contributed by atoms with Gasteiger partial charge in [0.1, 0.15) is 0 Å². The van der Waals surface area contributed by atoms with Crippen LogP contribution in [0.1, 0.15) is 68.8 Å². The fourth-order valence-corrected chi connectivity index (χ4v) is 4.20. The number of nitrogens with zero attached hydrogens (tertiary/aromatic N) is 5. The lowest BCUT2D eigenvalue weighted by molar-refractivity contribution is -0.122. The molecule has 31 heavy (non-hydrogen) atoms. The van der Waals surface area contributed by atoms with Crippen molar-refractivity contribution in [2.45, 2.75) is 64.1 Å². The molecule has 10 heteroatoms. The van der Waals surface area contributed by atoms with Crippen molar-refractivity contribution in [2.24, 2.45) is 7.05 Å². The molecule has 8 nitrogen and oxygen atoms in total. The second-order valence-electron chi connectivity index (χ2n) is 8.13. The molecule has 3 heterocycles. The first kappa shape index (κ1) is 21.2. The van der Waals surface area contributed by atoms with Crippen LogP contribution < -0.4 is 10.9 Å². The largest absolute Gasteiger partial charge is 0.348 e. The van der Waals surface area contributed by atoms with Gasteiger partial charge in [0.15, 0.2) is 5.65 Å². The summed E-state index contributed by atoms with van der Waals surface area (Å²) in [6, 6.07) is 2.65. The zero-order valence-electron chi connectivity index (χ0n) is 17.6. The number of carbonyl (C=O) groups excluding carboxylic acids is 1. The molecular formula is C21H26F2N6O2. The van der Waals surface area contributed by atoms with Crippen molar-refractivity contribution in [2.75, 3.05) is 0 Å². The van der Waals surface area contributed by atoms with Crippen LogP contribution in [0.3, 0.4) is 0 Å². The first-order valence-electron chi connectivity index (χ1n) is 10.5. The maximum absolute atomic E-state index is 13.6. The van der Waals surface area contributed by atoms with Crippen LogP contribution in [-0.2, 0) is 18.4 Å². The van der Waals surface area contributed by atoms with Gasteiger partial charge < -0.3 is 5.32 Å². The Bertz CT molecular complexity index is 1140. The molecule has 0 saturated heterocycles. The molecule has 0 radical (unpaired) electrons. The van der Waals surface area contributed by atoms with Crippen molar-refractivity contribution in [1.82, 2.24) is 29.4 Å². The van der Waals surface area contributed by atoms with Crippen LogP contribution in [0, 0.1) is 0 Å². The summed E-state index contributed by atoms with van der Waals surface area (Å²) in [6.07, 6.45) is 4.69. The number of carbonyl (C=O) groups is 1. The number of aromatic nitrogens is 5. The summed E-state index contributed by atoms with van der Waals surface area (Å²) in [4.78, 5) is 25.0. The van der Waals surface area contributed by atoms with Gasteiger partial charge in [0.05, 0.1) is 17.8 Å². The first-order valence-corrected chi connectivity index (χ1v) is 10.5. The van der Waals surface area contributed by atoms with E-state index in [-0.39, 0.29) is 47.6 Å². The van der Waals surface area contributed by atoms with Crippen LogP contribution in [0.15, 0.2) is 29.3 Å². The van der Waals surface area contributed by atoms with Crippen molar-refractivity contribution in [3.63, 3.8) is 0 Å². The number of pyridine rings is 1. The minimum absolute atomic E-state index is 0.0243. The van der Waals surface area contributed by atoms with E-state index in [4.69, 9.17) is 0 Å². The number of aryl methyl sites for hydroxylation is 2. The van der Waals surface area contributed by atoms with E-state index in [9.17, 15) is 18.4 Å². The number of halogens is 2. The molecule has 1 aliphatic rings. The molecule has 3 aromatic heterocycles. The van der Waals surface area contributed by atoms with Gasteiger partial charge in [-0.1, -0.05) is 12.8 Å². The van der Waals surface area contributed by atoms with Gasteiger partial charge in [0, 0.05) is 49.4 Å². The molecule has 4 rings (SSSR count). The minimum atomic E-state index is -2.77. The molecule has 0 aromatic carbocycles. The molecule has 0 bridgehead atoms. The molecule has 0 unspecified atom stereocenters. The van der Waals surface area contributed by atoms with Crippen LogP contribution in [0.2, 0.25) is 0 Å². The summed E-state index contributed by atoms with van der Waals surface area (Å²) < 4.78 is 31.8. The van der Waals surface area contributed by atoms with Crippen LogP contribution in [0.4, 0.5) is 8.78 Å². The fourth-order valence-electron chi connectivity index (χ4n) is 4.20. The average molecular weight is 432 g/mol. The highest BCUT2D eigenvalue weighted by molar-refractivity contribution is 5.80. The van der Waals surface area contributed by atoms with Crippen molar-refractivity contribution in [3.05, 3.63) is 46.1 Å². The monoisotopic (exact) mass is 432 g/mol. The summed E-state index contributed by atoms with van der Waals surface area (Å²) in [6.45, 7) is 1.88. The van der Waals surface area contributed by atoms with Gasteiger partial charge in [-0.25, -0.2) is 8.78 Å². The highest BCUT2D eigenvalue weighted by Crippen LogP contribution is 2.32. The van der Waals surface area contributed by atoms with Gasteiger partial charge in [0.2, 0.25) is 5.91 Å². The topological polar surface area (TPSA) is 86.7 Å². The van der Waals surface area contributed by atoms with Crippen LogP contribution in [-0.4, -0.2) is 30.0 Å². The predicted molar refractivity (Wildman–Crippen MR) is 111 cm³/mol. The predicted octanol–water partition coefficient (Wildman–Crippen LogP) is 3.25. The lowest BCUT2D eigenvalue weighted by Gasteiger charge is -2.13. The van der Waals surface area contributed by atoms with E-state index >= 15 is 0 Å². The molecule has 0 spiro atoms. The quantitative estimate of drug-likeness (QED) is 0.621. The Labute approximate surface area is 177 Å². The SMILES string of the molecule is C[C@@H](NC(=O)CCn1c(=O)cc(C(F)F)c2cn(C3CCCC3)nc21)c1ccn(C)n1. The standard InChI is InChI=1S/C21H26F2N6O2/c1-13(17-7-9-27(2)25-17)24-18(30)8-10-28-19(31)11-15(20(22)23)16-12-29(26-21(16)28)14-5-3-4-6-14/h7,9,11-14,20H,3-6,8,10H2,1-2H3,(H,24,30)/t13-/m1/s1. The normalized spacial score (nSPS) is 15.8. The zero-order valence-corrected chi connectivity index (χ0v) is 17.6. The second-order valence-corrected chi connectivity index (χ2v) is 8.13. The van der Waals surface area contributed by atoms with E-state index in [0.717, 1.165) is 37.4 Å². The van der Waals surface area contributed by atoms with Crippen molar-refractivity contribution >= 4 is 16.9 Å². The van der Waals surface area contributed by atoms with Crippen molar-refractivity contribution in [1.29, 1.82) is 0 Å². The molecule has 1 N–H and O–H groups in total. The van der Waals surface area contributed by atoms with E-state index in [1.54, 1.807) is 28.8 Å². The Morgan fingerprint density at radius 2 is 2.03 bits per heavy atom. The van der Waals surface area contributed by atoms with Crippen molar-refractivity contribution < 1.29 is 13.6 Å². The van der Waals surface area contributed by atoms with Gasteiger partial charge in [0.25, 0.3) is 12.0 Å². The van der Waals surface area contributed by atoms with E-state index in [0.29, 0.717) is 0 Å². The minimum Gasteiger partial charge on any atom is -0.348 e. The Morgan fingerprint density at radius 3 is 2.68 bits per heavy atom. The second kappa shape index (κ2) is 8.60. The van der Waals surface area contributed by atoms with E-state index in [1.807, 2.05) is 13.0 Å². The van der Waals surface area contributed by atoms with Gasteiger partial charge in [-0.2, -0.15) is 10.2 Å². The molecular weight excluding hydrogens is 406 g/mol. The molecule has 1 atom stereocenters. The Morgan fingerprint density at radius 1 is 1.29 bits per heavy atom. The van der Waals surface area contributed by atoms with Crippen LogP contribution in [0.25, 0.3) is 11.0 Å². The van der Waals surface area contributed by atoms with Gasteiger partial charge in [-0.3, -0.25) is 23.5 Å². The van der Waals surface area contributed by atoms with Gasteiger partial charge in [-0.15, -0.1) is 0 Å². The number of hydrogen-bond donors (Lipinski definition) is 1. The number of nitrogens with one attached hydrogen (secondary N) is 1. The maximum atomic E-state index is 13.6. The van der Waals surface area contributed by atoms with Gasteiger partial charge in [-0.05, 0) is 25.8 Å². The highest BCUT2D eigenvalue weighted by atomic mass is 19.3. The van der Waals surface area contributed by atoms with E-state index in [1.165, 1.54) is 4.57 Å². The van der Waals surface area contributed by atoms with Gasteiger partial charge >= 0.3 is 0 Å². The average Bonchev–Trinajstić information content (AvgIpc) is 3.46. The van der Waals surface area contributed by atoms with Crippen LogP contribution >= 0.6 is 0 Å². The summed E-state index contributed by atoms with van der Waals surface area (Å²) in [5.74, 6) is -0.258. The highest BCUT2D eigenvalue weighted by Gasteiger charge is 2.23. The number of hydrogen-bond acceptors (Lipinski definition) is 4. The first-order chi connectivity index (χ1) is 14.8. The number of fused-ring (bicyclic) bond motifs is 1. The number of rotatable bonds is 7. The number of amides is 1. The molecule has 1 aliphatic carbocycles. The Hall–Kier alpha value is -3.04. The molecule has 1 saturated carbocycles. The molecule has 166 valence electrons. The molecule has 1 amide bonds. The molecule has 3 aromatic rings. The van der Waals surface area contributed by atoms with Crippen molar-refractivity contribution in [3.8, 4) is 0 Å². The Balaban J connectivity index is 1.56. The molecule has 0 aliphatic heterocycles. The smallest absolute Gasteiger partial charge is 0.264 e. The van der Waals surface area contributed by atoms with Crippen LogP contribution in [0.5, 0.6) is 0 Å². The zero-order chi connectivity index (χ0) is 22.1. The summed E-state index contributed by atoms with van der Waals surface area (Å²) in [5, 5.41) is 11.9. The Kier molecular flexibility index (Phi) is 5.88. The molecule has 1 fully saturated rings. The van der Waals surface area contributed by atoms with E-state index < -0.39 is 12.0 Å². The lowest BCUT2D eigenvalue weighted by Crippen LogP contribution is -2.30. The maximum Gasteiger partial charge on any atom is 0.264 e. The summed E-state index contributed by atoms with van der Waals surface area (Å²) in [7, 11) is 1.80. The fraction of sp³-hybridized carbons (Fsp3) is 0.524. The van der Waals surface area contributed by atoms with E-state index in [2.05, 4.69) is 15.5 Å². The summed E-state index contributed by atoms with van der Waals surface area (Å²) in [5.41, 5.74) is 0.0473. The third-order valence-electron chi connectivity index (χ3n) is 5.88. The lowest BCUT2D eigenvalue weighted by atomic mass is 10.2.